The smallest absolute Gasteiger partial charge is 0.335 e. The van der Waals surface area contributed by atoms with Gasteiger partial charge in [-0.05, 0) is 180 Å². The summed E-state index contributed by atoms with van der Waals surface area (Å²) in [5.74, 6) is -0.983. The van der Waals surface area contributed by atoms with Crippen LogP contribution in [0.4, 0.5) is 34.1 Å². The van der Waals surface area contributed by atoms with Crippen molar-refractivity contribution in [1.29, 1.82) is 0 Å². The molecule has 2 aliphatic rings. The van der Waals surface area contributed by atoms with Gasteiger partial charge >= 0.3 is 5.97 Å². The SMILES string of the molecule is Cc1ccc(N(c2ccc(C)cc2)c2c3nc(c(N(c4ccc(C)cc4)c4ccc(C)cc4)c4ccc([nH]4)c(-c4c(C)cc(C)cc4C)c4nc(c(-c5ccc(C(=O)O)cc5)c5ccc2[nH]5)C=C4)C=C3)cc1. The van der Waals surface area contributed by atoms with Gasteiger partial charge in [0.2, 0.25) is 0 Å². The molecule has 11 rings (SSSR count). The maximum absolute atomic E-state index is 12.2. The average molecular weight is 939 g/mol. The van der Waals surface area contributed by atoms with E-state index in [1.807, 2.05) is 12.1 Å². The number of carboxylic acid groups (broad SMARTS) is 1. The minimum absolute atomic E-state index is 0.208. The molecule has 0 fully saturated rings. The lowest BCUT2D eigenvalue weighted by Gasteiger charge is -2.27. The normalized spacial score (nSPS) is 11.8. The van der Waals surface area contributed by atoms with Gasteiger partial charge < -0.3 is 24.9 Å². The fourth-order valence-corrected chi connectivity index (χ4v) is 10.2. The van der Waals surface area contributed by atoms with E-state index in [0.717, 1.165) is 123 Å². The number of aromatic amines is 2. The second kappa shape index (κ2) is 18.4. The first-order valence-electron chi connectivity index (χ1n) is 24.3. The Kier molecular flexibility index (Phi) is 11.6. The molecule has 5 heterocycles. The molecule has 8 nitrogen and oxygen atoms in total. The molecular formula is C64H54N6O2. The van der Waals surface area contributed by atoms with Crippen LogP contribution in [0.15, 0.2) is 158 Å². The number of carboxylic acids is 1. The molecule has 352 valence electrons. The van der Waals surface area contributed by atoms with Crippen LogP contribution in [0.25, 0.3) is 68.6 Å². The molecule has 0 radical (unpaired) electrons. The van der Waals surface area contributed by atoms with Crippen molar-refractivity contribution < 1.29 is 9.90 Å². The van der Waals surface area contributed by atoms with Crippen LogP contribution in [-0.2, 0) is 0 Å². The molecule has 2 aliphatic heterocycles. The molecule has 3 aromatic heterocycles. The van der Waals surface area contributed by atoms with Crippen molar-refractivity contribution in [2.24, 2.45) is 0 Å². The molecule has 0 saturated carbocycles. The number of carbonyl (C=O) groups is 1. The number of aryl methyl sites for hydroxylation is 7. The highest BCUT2D eigenvalue weighted by molar-refractivity contribution is 6.02. The van der Waals surface area contributed by atoms with Crippen LogP contribution in [-0.4, -0.2) is 31.0 Å². The second-order valence-corrected chi connectivity index (χ2v) is 19.1. The molecule has 8 bridgehead atoms. The van der Waals surface area contributed by atoms with Gasteiger partial charge in [0, 0.05) is 44.9 Å². The number of aromatic nitrogens is 4. The number of fused-ring (bicyclic) bond motifs is 8. The molecule has 6 aromatic carbocycles. The standard InChI is InChI=1S/C64H54N6O2/c1-38-8-20-47(21-9-38)69(48-22-10-39(2)11-23-48)62-55-32-30-52(66-55)60(45-16-18-46(19-17-45)64(71)72)51-28-29-53(65-51)61(59-43(6)36-42(5)37-44(59)7)54-31-33-56(67-54)63(58-35-34-57(62)68-58)70(49-24-12-40(3)13-25-49)50-26-14-41(4)15-27-50/h8-37,66-67H,1-7H3,(H,71,72). The third kappa shape index (κ3) is 8.47. The van der Waals surface area contributed by atoms with E-state index in [1.54, 1.807) is 12.1 Å². The maximum atomic E-state index is 12.2. The van der Waals surface area contributed by atoms with E-state index < -0.39 is 5.97 Å². The Morgan fingerprint density at radius 1 is 0.389 bits per heavy atom. The van der Waals surface area contributed by atoms with Gasteiger partial charge in [-0.25, -0.2) is 14.8 Å². The summed E-state index contributed by atoms with van der Waals surface area (Å²) in [6.07, 6.45) is 8.44. The number of hydrogen-bond acceptors (Lipinski definition) is 5. The third-order valence-electron chi connectivity index (χ3n) is 13.7. The zero-order valence-corrected chi connectivity index (χ0v) is 41.5. The predicted molar refractivity (Wildman–Crippen MR) is 299 cm³/mol. The Labute approximate surface area is 420 Å². The summed E-state index contributed by atoms with van der Waals surface area (Å²) in [4.78, 5) is 35.9. The van der Waals surface area contributed by atoms with Crippen LogP contribution in [0.1, 0.15) is 72.1 Å². The summed E-state index contributed by atoms with van der Waals surface area (Å²) < 4.78 is 0. The number of H-pyrrole nitrogens is 2. The topological polar surface area (TPSA) is 101 Å². The third-order valence-corrected chi connectivity index (χ3v) is 13.7. The van der Waals surface area contributed by atoms with Crippen LogP contribution in [0.2, 0.25) is 0 Å². The van der Waals surface area contributed by atoms with Crippen molar-refractivity contribution in [3.63, 3.8) is 0 Å². The molecule has 9 aromatic rings. The first kappa shape index (κ1) is 45.4. The van der Waals surface area contributed by atoms with Crippen molar-refractivity contribution in [1.82, 2.24) is 19.9 Å². The minimum Gasteiger partial charge on any atom is -0.478 e. The van der Waals surface area contributed by atoms with E-state index in [1.165, 1.54) is 16.7 Å². The number of hydrogen-bond donors (Lipinski definition) is 3. The van der Waals surface area contributed by atoms with Crippen molar-refractivity contribution in [2.75, 3.05) is 9.80 Å². The molecule has 8 heteroatoms. The zero-order chi connectivity index (χ0) is 49.8. The lowest BCUT2D eigenvalue weighted by atomic mass is 9.92. The van der Waals surface area contributed by atoms with Gasteiger partial charge in [0.25, 0.3) is 0 Å². The minimum atomic E-state index is -0.983. The highest BCUT2D eigenvalue weighted by Gasteiger charge is 2.26. The molecule has 0 amide bonds. The van der Waals surface area contributed by atoms with Gasteiger partial charge in [-0.2, -0.15) is 0 Å². The number of anilines is 6. The van der Waals surface area contributed by atoms with Gasteiger partial charge in [-0.3, -0.25) is 0 Å². The Hall–Kier alpha value is -9.01. The molecular weight excluding hydrogens is 885 g/mol. The van der Waals surface area contributed by atoms with Gasteiger partial charge in [0.15, 0.2) is 0 Å². The largest absolute Gasteiger partial charge is 0.478 e. The lowest BCUT2D eigenvalue weighted by molar-refractivity contribution is 0.0697. The highest BCUT2D eigenvalue weighted by atomic mass is 16.4. The van der Waals surface area contributed by atoms with Gasteiger partial charge in [0.05, 0.1) is 50.7 Å². The average Bonchev–Trinajstić information content (AvgIpc) is 4.23. The van der Waals surface area contributed by atoms with Crippen molar-refractivity contribution in [2.45, 2.75) is 48.5 Å². The fraction of sp³-hybridized carbons (Fsp3) is 0.109. The lowest BCUT2D eigenvalue weighted by Crippen LogP contribution is -2.13. The summed E-state index contributed by atoms with van der Waals surface area (Å²) >= 11 is 0. The number of aromatic carboxylic acids is 1. The molecule has 0 spiro atoms. The summed E-state index contributed by atoms with van der Waals surface area (Å²) in [5.41, 5.74) is 24.1. The fourth-order valence-electron chi connectivity index (χ4n) is 10.2. The molecule has 0 unspecified atom stereocenters. The van der Waals surface area contributed by atoms with E-state index in [9.17, 15) is 9.90 Å². The Bertz CT molecular complexity index is 3710. The molecule has 0 saturated heterocycles. The zero-order valence-electron chi connectivity index (χ0n) is 41.5. The first-order chi connectivity index (χ1) is 34.9. The van der Waals surface area contributed by atoms with Crippen LogP contribution in [0.3, 0.4) is 0 Å². The highest BCUT2D eigenvalue weighted by Crippen LogP contribution is 2.45. The number of rotatable bonds is 9. The second-order valence-electron chi connectivity index (χ2n) is 19.1. The van der Waals surface area contributed by atoms with Gasteiger partial charge in [-0.1, -0.05) is 101 Å². The van der Waals surface area contributed by atoms with Crippen molar-refractivity contribution in [3.8, 4) is 22.3 Å². The Balaban J connectivity index is 1.34. The summed E-state index contributed by atoms with van der Waals surface area (Å²) in [7, 11) is 0. The van der Waals surface area contributed by atoms with E-state index in [-0.39, 0.29) is 5.56 Å². The maximum Gasteiger partial charge on any atom is 0.335 e. The van der Waals surface area contributed by atoms with Crippen molar-refractivity contribution in [3.05, 3.63) is 225 Å². The van der Waals surface area contributed by atoms with Gasteiger partial charge in [0.1, 0.15) is 0 Å². The van der Waals surface area contributed by atoms with Crippen LogP contribution < -0.4 is 9.80 Å². The number of benzene rings is 6. The Morgan fingerprint density at radius 2 is 0.736 bits per heavy atom. The molecule has 72 heavy (non-hydrogen) atoms. The summed E-state index contributed by atoms with van der Waals surface area (Å²) in [6.45, 7) is 14.9. The monoisotopic (exact) mass is 938 g/mol. The summed E-state index contributed by atoms with van der Waals surface area (Å²) in [6, 6.07) is 54.6. The van der Waals surface area contributed by atoms with E-state index in [2.05, 4.69) is 226 Å². The molecule has 3 N–H and O–H groups in total. The quantitative estimate of drug-likeness (QED) is 0.133. The van der Waals surface area contributed by atoms with Crippen molar-refractivity contribution >= 4 is 86.5 Å². The molecule has 0 atom stereocenters. The van der Waals surface area contributed by atoms with Crippen LogP contribution in [0.5, 0.6) is 0 Å². The van der Waals surface area contributed by atoms with Gasteiger partial charge in [-0.15, -0.1) is 0 Å². The number of nitrogens with one attached hydrogen (secondary N) is 2. The first-order valence-corrected chi connectivity index (χ1v) is 24.3. The molecule has 0 aliphatic carbocycles. The number of nitrogens with zero attached hydrogens (tertiary/aromatic N) is 4. The van der Waals surface area contributed by atoms with Crippen LogP contribution >= 0.6 is 0 Å². The predicted octanol–water partition coefficient (Wildman–Crippen LogP) is 16.8. The van der Waals surface area contributed by atoms with E-state index in [4.69, 9.17) is 9.97 Å². The van der Waals surface area contributed by atoms with E-state index in [0.29, 0.717) is 0 Å². The summed E-state index contributed by atoms with van der Waals surface area (Å²) in [5, 5.41) is 9.96. The van der Waals surface area contributed by atoms with Crippen LogP contribution in [0, 0.1) is 48.5 Å². The Morgan fingerprint density at radius 3 is 1.14 bits per heavy atom. The van der Waals surface area contributed by atoms with E-state index >= 15 is 0 Å².